The van der Waals surface area contributed by atoms with Gasteiger partial charge in [0.05, 0.1) is 6.61 Å². The molecule has 6 nitrogen and oxygen atoms in total. The van der Waals surface area contributed by atoms with Crippen LogP contribution < -0.4 is 0 Å². The number of phenolic OH excluding ortho intramolecular Hbond substituents is 2. The standard InChI is InChI=1S/C19H26O6/c1-19(2,3)11-12-7-5-4-6-10-24-17(22)13-8-9-14(18(23)25-12)16(21)15(13)20/h8-9,12,20-21H,4-7,10-11H2,1-3H3. The third kappa shape index (κ3) is 5.11. The predicted octanol–water partition coefficient (Wildman–Crippen LogP) is 3.79. The summed E-state index contributed by atoms with van der Waals surface area (Å²) in [4.78, 5) is 24.4. The smallest absolute Gasteiger partial charge is 0.342 e. The van der Waals surface area contributed by atoms with Crippen molar-refractivity contribution in [2.45, 2.75) is 59.0 Å². The molecule has 0 saturated carbocycles. The van der Waals surface area contributed by atoms with Crippen LogP contribution in [0.25, 0.3) is 0 Å². The van der Waals surface area contributed by atoms with Crippen LogP contribution in [0.3, 0.4) is 0 Å². The van der Waals surface area contributed by atoms with E-state index < -0.39 is 23.4 Å². The maximum atomic E-state index is 12.4. The summed E-state index contributed by atoms with van der Waals surface area (Å²) in [5.41, 5.74) is -0.345. The molecule has 2 bridgehead atoms. The molecule has 2 aliphatic heterocycles. The average Bonchev–Trinajstić information content (AvgIpc) is 2.50. The highest BCUT2D eigenvalue weighted by Crippen LogP contribution is 2.35. The van der Waals surface area contributed by atoms with Crippen LogP contribution in [0.1, 0.15) is 73.6 Å². The van der Waals surface area contributed by atoms with Gasteiger partial charge in [-0.3, -0.25) is 0 Å². The van der Waals surface area contributed by atoms with Crippen molar-refractivity contribution < 1.29 is 29.3 Å². The van der Waals surface area contributed by atoms with E-state index in [0.717, 1.165) is 12.8 Å². The zero-order chi connectivity index (χ0) is 18.6. The van der Waals surface area contributed by atoms with E-state index >= 15 is 0 Å². The second-order valence-corrected chi connectivity index (χ2v) is 7.64. The van der Waals surface area contributed by atoms with Gasteiger partial charge in [-0.05, 0) is 49.7 Å². The van der Waals surface area contributed by atoms with Crippen LogP contribution in [0.2, 0.25) is 0 Å². The van der Waals surface area contributed by atoms with Gasteiger partial charge < -0.3 is 19.7 Å². The lowest BCUT2D eigenvalue weighted by Gasteiger charge is -2.26. The van der Waals surface area contributed by atoms with Gasteiger partial charge in [-0.25, -0.2) is 9.59 Å². The molecule has 0 radical (unpaired) electrons. The lowest BCUT2D eigenvalue weighted by atomic mass is 9.87. The summed E-state index contributed by atoms with van der Waals surface area (Å²) >= 11 is 0. The van der Waals surface area contributed by atoms with E-state index in [1.165, 1.54) is 12.1 Å². The molecule has 0 aliphatic carbocycles. The normalized spacial score (nSPS) is 19.9. The minimum atomic E-state index is -0.726. The number of esters is 2. The SMILES string of the molecule is CC(C)(C)CC1CCCCCOC(=O)c2ccc(c(O)c2O)C(=O)O1. The Balaban J connectivity index is 2.33. The molecule has 6 heteroatoms. The number of carbonyl (C=O) groups excluding carboxylic acids is 2. The highest BCUT2D eigenvalue weighted by atomic mass is 16.5. The van der Waals surface area contributed by atoms with Crippen LogP contribution in [0.15, 0.2) is 12.1 Å². The molecule has 3 rings (SSSR count). The summed E-state index contributed by atoms with van der Waals surface area (Å²) in [6.45, 7) is 6.46. The molecule has 2 N–H and O–H groups in total. The first-order chi connectivity index (χ1) is 11.7. The Hall–Kier alpha value is -2.24. The second-order valence-electron chi connectivity index (χ2n) is 7.64. The molecule has 1 aromatic rings. The van der Waals surface area contributed by atoms with Gasteiger partial charge in [0.2, 0.25) is 0 Å². The number of carbonyl (C=O) groups is 2. The predicted molar refractivity (Wildman–Crippen MR) is 91.8 cm³/mol. The van der Waals surface area contributed by atoms with Crippen molar-refractivity contribution in [3.05, 3.63) is 23.3 Å². The number of fused-ring (bicyclic) bond motifs is 11. The van der Waals surface area contributed by atoms with E-state index in [1.54, 1.807) is 0 Å². The van der Waals surface area contributed by atoms with E-state index in [-0.39, 0.29) is 29.3 Å². The van der Waals surface area contributed by atoms with Crippen LogP contribution in [0.5, 0.6) is 11.5 Å². The van der Waals surface area contributed by atoms with Gasteiger partial charge in [0.25, 0.3) is 0 Å². The van der Waals surface area contributed by atoms with E-state index in [1.807, 2.05) is 0 Å². The molecule has 2 aliphatic rings. The Bertz CT molecular complexity index is 644. The summed E-state index contributed by atoms with van der Waals surface area (Å²) < 4.78 is 10.7. The van der Waals surface area contributed by atoms with Crippen molar-refractivity contribution in [2.24, 2.45) is 5.41 Å². The second kappa shape index (κ2) is 7.76. The molecule has 1 aromatic carbocycles. The lowest BCUT2D eigenvalue weighted by Crippen LogP contribution is -2.24. The summed E-state index contributed by atoms with van der Waals surface area (Å²) in [5.74, 6) is -2.76. The number of phenols is 2. The average molecular weight is 350 g/mol. The Morgan fingerprint density at radius 3 is 2.20 bits per heavy atom. The van der Waals surface area contributed by atoms with Crippen LogP contribution in [0, 0.1) is 5.41 Å². The van der Waals surface area contributed by atoms with Crippen LogP contribution in [0.4, 0.5) is 0 Å². The minimum absolute atomic E-state index is 0.0139. The van der Waals surface area contributed by atoms with Crippen molar-refractivity contribution in [3.8, 4) is 11.5 Å². The first-order valence-corrected chi connectivity index (χ1v) is 8.62. The van der Waals surface area contributed by atoms with Crippen LogP contribution in [-0.2, 0) is 9.47 Å². The Labute approximate surface area is 147 Å². The molecular weight excluding hydrogens is 324 g/mol. The third-order valence-electron chi connectivity index (χ3n) is 4.11. The van der Waals surface area contributed by atoms with Crippen molar-refractivity contribution in [1.82, 2.24) is 0 Å². The monoisotopic (exact) mass is 350 g/mol. The zero-order valence-corrected chi connectivity index (χ0v) is 15.0. The third-order valence-corrected chi connectivity index (χ3v) is 4.11. The lowest BCUT2D eigenvalue weighted by molar-refractivity contribution is 0.0162. The maximum absolute atomic E-state index is 12.4. The van der Waals surface area contributed by atoms with Crippen molar-refractivity contribution in [3.63, 3.8) is 0 Å². The molecule has 0 saturated heterocycles. The maximum Gasteiger partial charge on any atom is 0.342 e. The molecule has 2 heterocycles. The van der Waals surface area contributed by atoms with Gasteiger partial charge in [0.15, 0.2) is 11.5 Å². The Morgan fingerprint density at radius 2 is 1.60 bits per heavy atom. The van der Waals surface area contributed by atoms with Gasteiger partial charge in [-0.2, -0.15) is 0 Å². The topological polar surface area (TPSA) is 93.1 Å². The van der Waals surface area contributed by atoms with Gasteiger partial charge in [0.1, 0.15) is 17.2 Å². The summed E-state index contributed by atoms with van der Waals surface area (Å²) in [6, 6.07) is 2.53. The molecule has 1 atom stereocenters. The zero-order valence-electron chi connectivity index (χ0n) is 15.0. The highest BCUT2D eigenvalue weighted by molar-refractivity contribution is 5.99. The van der Waals surface area contributed by atoms with Crippen molar-refractivity contribution >= 4 is 11.9 Å². The number of benzene rings is 1. The first kappa shape index (κ1) is 19.1. The molecule has 1 unspecified atom stereocenters. The number of ether oxygens (including phenoxy) is 2. The fraction of sp³-hybridized carbons (Fsp3) is 0.579. The molecule has 138 valence electrons. The number of hydrogen-bond donors (Lipinski definition) is 2. The van der Waals surface area contributed by atoms with Crippen LogP contribution >= 0.6 is 0 Å². The highest BCUT2D eigenvalue weighted by Gasteiger charge is 2.27. The molecule has 0 fully saturated rings. The molecule has 0 aromatic heterocycles. The van der Waals surface area contributed by atoms with Gasteiger partial charge >= 0.3 is 11.9 Å². The fourth-order valence-electron chi connectivity index (χ4n) is 2.90. The fourth-order valence-corrected chi connectivity index (χ4v) is 2.90. The largest absolute Gasteiger partial charge is 0.504 e. The molecule has 25 heavy (non-hydrogen) atoms. The number of hydrogen-bond acceptors (Lipinski definition) is 6. The van der Waals surface area contributed by atoms with Crippen molar-refractivity contribution in [2.75, 3.05) is 6.61 Å². The summed E-state index contributed by atoms with van der Waals surface area (Å²) in [7, 11) is 0. The summed E-state index contributed by atoms with van der Waals surface area (Å²) in [5, 5.41) is 20.1. The van der Waals surface area contributed by atoms with E-state index in [9.17, 15) is 19.8 Å². The van der Waals surface area contributed by atoms with Crippen LogP contribution in [-0.4, -0.2) is 34.9 Å². The quantitative estimate of drug-likeness (QED) is 0.591. The number of rotatable bonds is 1. The van der Waals surface area contributed by atoms with E-state index in [2.05, 4.69) is 20.8 Å². The van der Waals surface area contributed by atoms with Gasteiger partial charge in [0, 0.05) is 0 Å². The molecule has 0 amide bonds. The Morgan fingerprint density at radius 1 is 1.00 bits per heavy atom. The van der Waals surface area contributed by atoms with Gasteiger partial charge in [-0.15, -0.1) is 0 Å². The summed E-state index contributed by atoms with van der Waals surface area (Å²) in [6.07, 6.45) is 3.49. The van der Waals surface area contributed by atoms with E-state index in [0.29, 0.717) is 19.3 Å². The van der Waals surface area contributed by atoms with E-state index in [4.69, 9.17) is 9.47 Å². The molecular formula is C19H26O6. The molecule has 0 spiro atoms. The first-order valence-electron chi connectivity index (χ1n) is 8.62. The minimum Gasteiger partial charge on any atom is -0.504 e. The Kier molecular flexibility index (Phi) is 5.93. The van der Waals surface area contributed by atoms with Crippen molar-refractivity contribution in [1.29, 1.82) is 0 Å². The van der Waals surface area contributed by atoms with Gasteiger partial charge in [-0.1, -0.05) is 20.8 Å². The number of aromatic hydroxyl groups is 2.